The van der Waals surface area contributed by atoms with Gasteiger partial charge in [0.25, 0.3) is 11.8 Å². The molecular formula is C58H69FN12O8. The van der Waals surface area contributed by atoms with Crippen LogP contribution in [0.25, 0.3) is 11.3 Å². The molecule has 6 amide bonds. The number of halogens is 1. The number of rotatable bonds is 16. The van der Waals surface area contributed by atoms with Gasteiger partial charge in [0.1, 0.15) is 11.6 Å². The summed E-state index contributed by atoms with van der Waals surface area (Å²) >= 11 is 0. The summed E-state index contributed by atoms with van der Waals surface area (Å²) in [6.45, 7) is 9.11. The van der Waals surface area contributed by atoms with E-state index in [1.165, 1.54) is 55.3 Å². The summed E-state index contributed by atoms with van der Waals surface area (Å²) in [5.41, 5.74) is 8.60. The maximum atomic E-state index is 13.7. The highest BCUT2D eigenvalue weighted by Crippen LogP contribution is 2.34. The van der Waals surface area contributed by atoms with E-state index in [0.29, 0.717) is 77.3 Å². The molecular weight excluding hydrogens is 1010 g/mol. The molecule has 5 saturated heterocycles. The second-order valence-electron chi connectivity index (χ2n) is 21.5. The average Bonchev–Trinajstić information content (AvgIpc) is 4.04. The molecule has 5 aliphatic heterocycles. The fourth-order valence-corrected chi connectivity index (χ4v) is 11.7. The van der Waals surface area contributed by atoms with E-state index < -0.39 is 29.8 Å². The standard InChI is InChI=1S/C58H69FN12O8/c1-78-49-12-7-42(33-48(49)70-32-22-50(72)65-58(70)77)56(75)69-30-18-41(19-31-69)55(74)68-28-16-38(17-29-68)13-23-66-24-14-39(15-25-66)36-67-26-20-46(21-27-67)71-37-43(34-62-71)47-35-61-53(60)51(64-47)57(76)79-52(40-5-3-2-4-6-40)54(73)63-45-10-8-44(59)9-11-45/h2-12,33-35,37-39,41,46,52H,13-32,36H2,1H3,(H2,60,61)(H,63,73)(H,65,72,77)/t52-/m1/s1. The maximum Gasteiger partial charge on any atom is 0.361 e. The van der Waals surface area contributed by atoms with Crippen LogP contribution in [0.5, 0.6) is 5.75 Å². The molecule has 5 aromatic rings. The second-order valence-corrected chi connectivity index (χ2v) is 21.5. The van der Waals surface area contributed by atoms with Crippen LogP contribution in [0, 0.1) is 23.6 Å². The first-order chi connectivity index (χ1) is 38.3. The van der Waals surface area contributed by atoms with E-state index in [-0.39, 0.29) is 54.2 Å². The van der Waals surface area contributed by atoms with Crippen molar-refractivity contribution in [1.29, 1.82) is 0 Å². The van der Waals surface area contributed by atoms with Gasteiger partial charge in [-0.2, -0.15) is 5.10 Å². The van der Waals surface area contributed by atoms with Crippen molar-refractivity contribution in [3.8, 4) is 17.0 Å². The van der Waals surface area contributed by atoms with E-state index in [9.17, 15) is 33.2 Å². The minimum absolute atomic E-state index is 0.100. The first-order valence-electron chi connectivity index (χ1n) is 27.7. The van der Waals surface area contributed by atoms with Crippen LogP contribution < -0.4 is 26.0 Å². The number of imide groups is 1. The van der Waals surface area contributed by atoms with Crippen LogP contribution in [0.2, 0.25) is 0 Å². The number of carbonyl (C=O) groups is 6. The molecule has 21 heteroatoms. The van der Waals surface area contributed by atoms with Gasteiger partial charge in [-0.05, 0) is 132 Å². The molecule has 10 rings (SSSR count). The lowest BCUT2D eigenvalue weighted by atomic mass is 9.89. The summed E-state index contributed by atoms with van der Waals surface area (Å²) in [6.07, 6.45) is 12.6. The zero-order valence-electron chi connectivity index (χ0n) is 44.6. The molecule has 1 atom stereocenters. The third-order valence-corrected chi connectivity index (χ3v) is 16.4. The Hall–Kier alpha value is -7.78. The van der Waals surface area contributed by atoms with Gasteiger partial charge in [-0.3, -0.25) is 34.1 Å². The van der Waals surface area contributed by atoms with E-state index in [2.05, 4.69) is 30.4 Å². The van der Waals surface area contributed by atoms with Gasteiger partial charge < -0.3 is 40.1 Å². The fourth-order valence-electron chi connectivity index (χ4n) is 11.7. The van der Waals surface area contributed by atoms with E-state index in [4.69, 9.17) is 20.3 Å². The number of amides is 6. The quantitative estimate of drug-likeness (QED) is 0.0887. The van der Waals surface area contributed by atoms with Gasteiger partial charge in [0.05, 0.1) is 36.9 Å². The molecule has 5 fully saturated rings. The van der Waals surface area contributed by atoms with Crippen LogP contribution >= 0.6 is 0 Å². The average molecular weight is 1080 g/mol. The number of carbonyl (C=O) groups excluding carboxylic acids is 6. The van der Waals surface area contributed by atoms with Crippen molar-refractivity contribution in [1.82, 2.24) is 44.7 Å². The number of nitrogens with zero attached hydrogens (tertiary/aromatic N) is 9. The number of aromatic nitrogens is 4. The minimum atomic E-state index is -1.36. The summed E-state index contributed by atoms with van der Waals surface area (Å²) in [4.78, 5) is 97.9. The van der Waals surface area contributed by atoms with Crippen LogP contribution in [0.4, 0.5) is 26.4 Å². The van der Waals surface area contributed by atoms with Gasteiger partial charge >= 0.3 is 12.0 Å². The van der Waals surface area contributed by atoms with Crippen molar-refractivity contribution >= 4 is 52.8 Å². The molecule has 3 aromatic carbocycles. The number of hydrogen-bond acceptors (Lipinski definition) is 14. The fraction of sp³-hybridized carbons (Fsp3) is 0.466. The summed E-state index contributed by atoms with van der Waals surface area (Å²) in [5, 5.41) is 9.70. The number of nitrogens with one attached hydrogen (secondary N) is 2. The third kappa shape index (κ3) is 13.2. The predicted molar refractivity (Wildman–Crippen MR) is 292 cm³/mol. The Kier molecular flexibility index (Phi) is 17.2. The number of ether oxygens (including phenoxy) is 2. The van der Waals surface area contributed by atoms with Crippen molar-refractivity contribution < 1.29 is 42.6 Å². The predicted octanol–water partition coefficient (Wildman–Crippen LogP) is 6.58. The Morgan fingerprint density at radius 1 is 0.797 bits per heavy atom. The number of hydrogen-bond donors (Lipinski definition) is 3. The Bertz CT molecular complexity index is 2980. The molecule has 20 nitrogen and oxygen atoms in total. The summed E-state index contributed by atoms with van der Waals surface area (Å²) in [6, 6.07) is 18.5. The number of anilines is 3. The van der Waals surface area contributed by atoms with Gasteiger partial charge in [-0.1, -0.05) is 30.3 Å². The number of nitrogens with two attached hydrogens (primary N) is 1. The second kappa shape index (κ2) is 24.9. The molecule has 7 heterocycles. The van der Waals surface area contributed by atoms with E-state index >= 15 is 0 Å². The first kappa shape index (κ1) is 54.6. The van der Waals surface area contributed by atoms with Crippen LogP contribution in [0.15, 0.2) is 91.4 Å². The molecule has 0 spiro atoms. The van der Waals surface area contributed by atoms with Crippen molar-refractivity contribution in [2.45, 2.75) is 76.4 Å². The summed E-state index contributed by atoms with van der Waals surface area (Å²) in [5.74, 6) is -0.841. The summed E-state index contributed by atoms with van der Waals surface area (Å²) in [7, 11) is 1.50. The number of nitrogen functional groups attached to an aromatic ring is 1. The number of esters is 1. The van der Waals surface area contributed by atoms with Gasteiger partial charge in [0, 0.05) is 93.3 Å². The zero-order valence-corrected chi connectivity index (χ0v) is 44.6. The van der Waals surface area contributed by atoms with E-state index in [1.807, 2.05) is 15.8 Å². The smallest absolute Gasteiger partial charge is 0.361 e. The SMILES string of the molecule is COc1ccc(C(=O)N2CCC(C(=O)N3CCC(CCN4CCC(CN5CCC(n6cc(-c7cnc(N)c(C(=O)O[C@@H](C(=O)Nc8ccc(F)cc8)c8ccccc8)n7)cn6)CC5)CC4)CC3)CC2)cc1N1CCC(=O)NC1=O. The molecule has 0 unspecified atom stereocenters. The van der Waals surface area contributed by atoms with Gasteiger partial charge in [-0.15, -0.1) is 0 Å². The molecule has 0 aliphatic carbocycles. The number of methoxy groups -OCH3 is 1. The molecule has 0 radical (unpaired) electrons. The van der Waals surface area contributed by atoms with Crippen molar-refractivity contribution in [3.05, 3.63) is 114 Å². The lowest BCUT2D eigenvalue weighted by molar-refractivity contribution is -0.138. The number of benzene rings is 3. The Morgan fingerprint density at radius 2 is 1.49 bits per heavy atom. The van der Waals surface area contributed by atoms with Gasteiger partial charge in [0.15, 0.2) is 11.5 Å². The van der Waals surface area contributed by atoms with Crippen LogP contribution in [-0.2, 0) is 19.1 Å². The minimum Gasteiger partial charge on any atom is -0.495 e. The number of urea groups is 1. The van der Waals surface area contributed by atoms with Crippen molar-refractivity contribution in [2.24, 2.45) is 17.8 Å². The highest BCUT2D eigenvalue weighted by Gasteiger charge is 2.35. The Labute approximate surface area is 458 Å². The molecule has 0 bridgehead atoms. The number of piperidine rings is 4. The van der Waals surface area contributed by atoms with Crippen LogP contribution in [0.1, 0.15) is 103 Å². The molecule has 0 saturated carbocycles. The molecule has 416 valence electrons. The van der Waals surface area contributed by atoms with Crippen LogP contribution in [-0.4, -0.2) is 154 Å². The monoisotopic (exact) mass is 1080 g/mol. The number of likely N-dealkylation sites (tertiary alicyclic amines) is 4. The molecule has 5 aliphatic rings. The Balaban J connectivity index is 0.620. The van der Waals surface area contributed by atoms with Crippen molar-refractivity contribution in [3.63, 3.8) is 0 Å². The largest absolute Gasteiger partial charge is 0.495 e. The van der Waals surface area contributed by atoms with E-state index in [1.54, 1.807) is 59.6 Å². The molecule has 4 N–H and O–H groups in total. The molecule has 79 heavy (non-hydrogen) atoms. The topological polar surface area (TPSA) is 231 Å². The highest BCUT2D eigenvalue weighted by atomic mass is 19.1. The lowest BCUT2D eigenvalue weighted by Crippen LogP contribution is -2.49. The van der Waals surface area contributed by atoms with Crippen LogP contribution in [0.3, 0.4) is 0 Å². The Morgan fingerprint density at radius 3 is 2.20 bits per heavy atom. The summed E-state index contributed by atoms with van der Waals surface area (Å²) < 4.78 is 26.7. The van der Waals surface area contributed by atoms with Gasteiger partial charge in [0.2, 0.25) is 17.9 Å². The first-order valence-corrected chi connectivity index (χ1v) is 27.7. The normalized spacial score (nSPS) is 19.0. The van der Waals surface area contributed by atoms with E-state index in [0.717, 1.165) is 84.5 Å². The highest BCUT2D eigenvalue weighted by molar-refractivity contribution is 6.07. The van der Waals surface area contributed by atoms with Crippen molar-refractivity contribution in [2.75, 3.05) is 95.1 Å². The molecule has 2 aromatic heterocycles. The lowest BCUT2D eigenvalue weighted by Gasteiger charge is -2.39. The zero-order chi connectivity index (χ0) is 55.0. The van der Waals surface area contributed by atoms with Gasteiger partial charge in [-0.25, -0.2) is 23.9 Å². The maximum absolute atomic E-state index is 13.7. The third-order valence-electron chi connectivity index (χ3n) is 16.4.